The van der Waals surface area contributed by atoms with Crippen LogP contribution in [0.4, 0.5) is 0 Å². The first-order valence-electron chi connectivity index (χ1n) is 5.59. The first-order chi connectivity index (χ1) is 8.70. The van der Waals surface area contributed by atoms with E-state index in [-0.39, 0.29) is 11.9 Å². The Balaban J connectivity index is 2.82. The van der Waals surface area contributed by atoms with Crippen LogP contribution in [0.15, 0.2) is 24.3 Å². The van der Waals surface area contributed by atoms with Gasteiger partial charge in [-0.1, -0.05) is 52.5 Å². The summed E-state index contributed by atoms with van der Waals surface area (Å²) in [6.45, 7) is 3.77. The molecule has 0 aliphatic carbocycles. The van der Waals surface area contributed by atoms with Crippen LogP contribution in [-0.2, 0) is 0 Å². The molecule has 0 heterocycles. The van der Waals surface area contributed by atoms with E-state index in [1.54, 1.807) is 24.3 Å². The van der Waals surface area contributed by atoms with Gasteiger partial charge in [0.2, 0.25) is 3.79 Å². The zero-order valence-corrected chi connectivity index (χ0v) is 13.4. The Labute approximate surface area is 132 Å². The van der Waals surface area contributed by atoms with Gasteiger partial charge in [0.25, 0.3) is 5.91 Å². The largest absolute Gasteiger partial charge is 0.333 e. The maximum absolute atomic E-state index is 12.0. The lowest BCUT2D eigenvalue weighted by Crippen LogP contribution is -2.55. The van der Waals surface area contributed by atoms with Gasteiger partial charge in [0.15, 0.2) is 0 Å². The maximum Gasteiger partial charge on any atom is 0.252 e. The van der Waals surface area contributed by atoms with Crippen molar-refractivity contribution < 1.29 is 4.79 Å². The molecule has 1 aromatic rings. The molecule has 0 aromatic heterocycles. The molecule has 0 saturated heterocycles. The molecular formula is C12H14Cl4N2O. The third-order valence-corrected chi connectivity index (χ3v) is 3.08. The Hall–Kier alpha value is -0.190. The molecule has 0 fully saturated rings. The van der Waals surface area contributed by atoms with E-state index in [1.165, 1.54) is 0 Å². The van der Waals surface area contributed by atoms with Crippen LogP contribution in [0.2, 0.25) is 5.02 Å². The minimum Gasteiger partial charge on any atom is -0.333 e. The lowest BCUT2D eigenvalue weighted by Gasteiger charge is -2.28. The number of nitrogens with one attached hydrogen (secondary N) is 2. The minimum atomic E-state index is -1.65. The van der Waals surface area contributed by atoms with Crippen molar-refractivity contribution in [1.29, 1.82) is 0 Å². The van der Waals surface area contributed by atoms with Crippen LogP contribution >= 0.6 is 46.4 Å². The molecule has 0 bridgehead atoms. The molecule has 0 aliphatic rings. The quantitative estimate of drug-likeness (QED) is 0.645. The van der Waals surface area contributed by atoms with E-state index in [1.807, 2.05) is 13.8 Å². The monoisotopic (exact) mass is 342 g/mol. The molecular weight excluding hydrogens is 330 g/mol. The summed E-state index contributed by atoms with van der Waals surface area (Å²) in [5.41, 5.74) is 0.400. The molecule has 0 spiro atoms. The van der Waals surface area contributed by atoms with E-state index >= 15 is 0 Å². The van der Waals surface area contributed by atoms with Crippen molar-refractivity contribution in [3.63, 3.8) is 0 Å². The average Bonchev–Trinajstić information content (AvgIpc) is 2.26. The predicted octanol–water partition coefficient (Wildman–Crippen LogP) is 3.76. The standard InChI is InChI=1S/C12H14Cl4N2O/c1-7(2)17-11(12(14,15)16)18-10(19)8-4-3-5-9(13)6-8/h3-7,11,17H,1-2H3,(H,18,19)/t11-/m0/s1. The van der Waals surface area contributed by atoms with Crippen molar-refractivity contribution in [1.82, 2.24) is 10.6 Å². The van der Waals surface area contributed by atoms with Crippen LogP contribution < -0.4 is 10.6 Å². The van der Waals surface area contributed by atoms with Gasteiger partial charge >= 0.3 is 0 Å². The Morgan fingerprint density at radius 2 is 1.89 bits per heavy atom. The van der Waals surface area contributed by atoms with Crippen LogP contribution in [0.25, 0.3) is 0 Å². The van der Waals surface area contributed by atoms with Gasteiger partial charge in [0.05, 0.1) is 0 Å². The van der Waals surface area contributed by atoms with Crippen molar-refractivity contribution in [2.45, 2.75) is 29.8 Å². The molecule has 0 radical (unpaired) electrons. The summed E-state index contributed by atoms with van der Waals surface area (Å²) in [7, 11) is 0. The second-order valence-corrected chi connectivity index (χ2v) is 7.09. The lowest BCUT2D eigenvalue weighted by atomic mass is 10.2. The Morgan fingerprint density at radius 1 is 1.26 bits per heavy atom. The molecule has 1 aromatic carbocycles. The van der Waals surface area contributed by atoms with Gasteiger partial charge in [0, 0.05) is 16.6 Å². The second-order valence-electron chi connectivity index (χ2n) is 4.28. The van der Waals surface area contributed by atoms with Crippen LogP contribution in [0, 0.1) is 0 Å². The second kappa shape index (κ2) is 7.00. The fourth-order valence-electron chi connectivity index (χ4n) is 1.40. The number of halogens is 4. The summed E-state index contributed by atoms with van der Waals surface area (Å²) < 4.78 is -1.65. The van der Waals surface area contributed by atoms with Gasteiger partial charge in [-0.3, -0.25) is 10.1 Å². The summed E-state index contributed by atoms with van der Waals surface area (Å²) in [5.74, 6) is -0.369. The van der Waals surface area contributed by atoms with Crippen molar-refractivity contribution in [2.24, 2.45) is 0 Å². The van der Waals surface area contributed by atoms with Crippen LogP contribution in [0.3, 0.4) is 0 Å². The van der Waals surface area contributed by atoms with Crippen LogP contribution in [0.1, 0.15) is 24.2 Å². The first kappa shape index (κ1) is 16.9. The number of carbonyl (C=O) groups excluding carboxylic acids is 1. The van der Waals surface area contributed by atoms with Gasteiger partial charge in [-0.25, -0.2) is 0 Å². The van der Waals surface area contributed by atoms with Gasteiger partial charge in [-0.05, 0) is 32.0 Å². The summed E-state index contributed by atoms with van der Waals surface area (Å²) in [6.07, 6.45) is -0.802. The predicted molar refractivity (Wildman–Crippen MR) is 81.3 cm³/mol. The van der Waals surface area contributed by atoms with E-state index in [0.29, 0.717) is 10.6 Å². The molecule has 0 saturated carbocycles. The average molecular weight is 344 g/mol. The molecule has 0 unspecified atom stereocenters. The van der Waals surface area contributed by atoms with E-state index < -0.39 is 9.96 Å². The lowest BCUT2D eigenvalue weighted by molar-refractivity contribution is 0.0928. The summed E-state index contributed by atoms with van der Waals surface area (Å²) in [6, 6.07) is 6.57. The molecule has 2 N–H and O–H groups in total. The molecule has 1 atom stereocenters. The molecule has 3 nitrogen and oxygen atoms in total. The molecule has 19 heavy (non-hydrogen) atoms. The van der Waals surface area contributed by atoms with E-state index in [2.05, 4.69) is 10.6 Å². The van der Waals surface area contributed by atoms with Crippen LogP contribution in [0.5, 0.6) is 0 Å². The van der Waals surface area contributed by atoms with Gasteiger partial charge < -0.3 is 5.32 Å². The summed E-state index contributed by atoms with van der Waals surface area (Å²) >= 11 is 23.3. The van der Waals surface area contributed by atoms with Crippen molar-refractivity contribution in [3.8, 4) is 0 Å². The number of alkyl halides is 3. The number of carbonyl (C=O) groups is 1. The highest BCUT2D eigenvalue weighted by atomic mass is 35.6. The highest BCUT2D eigenvalue weighted by Gasteiger charge is 2.34. The zero-order valence-electron chi connectivity index (χ0n) is 10.4. The normalized spacial score (nSPS) is 13.4. The number of benzene rings is 1. The number of rotatable bonds is 4. The Morgan fingerprint density at radius 3 is 2.37 bits per heavy atom. The topological polar surface area (TPSA) is 41.1 Å². The number of hydrogen-bond acceptors (Lipinski definition) is 2. The van der Waals surface area contributed by atoms with Gasteiger partial charge in [-0.15, -0.1) is 0 Å². The third-order valence-electron chi connectivity index (χ3n) is 2.19. The van der Waals surface area contributed by atoms with Crippen molar-refractivity contribution >= 4 is 52.3 Å². The number of amides is 1. The third kappa shape index (κ3) is 5.76. The zero-order chi connectivity index (χ0) is 14.6. The Kier molecular flexibility index (Phi) is 6.21. The number of hydrogen-bond donors (Lipinski definition) is 2. The highest BCUT2D eigenvalue weighted by molar-refractivity contribution is 6.68. The summed E-state index contributed by atoms with van der Waals surface area (Å²) in [5, 5.41) is 6.07. The van der Waals surface area contributed by atoms with Crippen molar-refractivity contribution in [2.75, 3.05) is 0 Å². The smallest absolute Gasteiger partial charge is 0.252 e. The van der Waals surface area contributed by atoms with Gasteiger partial charge in [-0.2, -0.15) is 0 Å². The highest BCUT2D eigenvalue weighted by Crippen LogP contribution is 2.29. The SMILES string of the molecule is CC(C)N[C@@H](NC(=O)c1cccc(Cl)c1)C(Cl)(Cl)Cl. The first-order valence-corrected chi connectivity index (χ1v) is 7.10. The molecule has 0 aliphatic heterocycles. The molecule has 1 amide bonds. The van der Waals surface area contributed by atoms with E-state index in [0.717, 1.165) is 0 Å². The molecule has 7 heteroatoms. The van der Waals surface area contributed by atoms with E-state index in [9.17, 15) is 4.79 Å². The van der Waals surface area contributed by atoms with Crippen LogP contribution in [-0.4, -0.2) is 21.9 Å². The van der Waals surface area contributed by atoms with E-state index in [4.69, 9.17) is 46.4 Å². The van der Waals surface area contributed by atoms with Crippen molar-refractivity contribution in [3.05, 3.63) is 34.9 Å². The Bertz CT molecular complexity index is 446. The fraction of sp³-hybridized carbons (Fsp3) is 0.417. The minimum absolute atomic E-state index is 0.0419. The maximum atomic E-state index is 12.0. The summed E-state index contributed by atoms with van der Waals surface area (Å²) in [4.78, 5) is 12.0. The van der Waals surface area contributed by atoms with Gasteiger partial charge in [0.1, 0.15) is 6.17 Å². The molecule has 106 valence electrons. The fourth-order valence-corrected chi connectivity index (χ4v) is 1.94. The molecule has 1 rings (SSSR count).